The number of hydrogen-bond acceptors (Lipinski definition) is 5. The Balaban J connectivity index is 1.70. The molecule has 0 amide bonds. The SMILES string of the molecule is CCc1oc2ccccc2c1CN(CCO)CCN1CCOCC1. The number of morpholine rings is 1. The highest BCUT2D eigenvalue weighted by molar-refractivity contribution is 5.82. The van der Waals surface area contributed by atoms with Gasteiger partial charge in [0.25, 0.3) is 0 Å². The predicted octanol–water partition coefficient (Wildman–Crippen LogP) is 2.12. The summed E-state index contributed by atoms with van der Waals surface area (Å²) in [7, 11) is 0. The van der Waals surface area contributed by atoms with Crippen LogP contribution < -0.4 is 0 Å². The molecule has 132 valence electrons. The molecule has 1 aromatic carbocycles. The predicted molar refractivity (Wildman–Crippen MR) is 95.2 cm³/mol. The molecule has 0 atom stereocenters. The number of fused-ring (bicyclic) bond motifs is 1. The van der Waals surface area contributed by atoms with Gasteiger partial charge in [0, 0.05) is 56.6 Å². The van der Waals surface area contributed by atoms with Crippen molar-refractivity contribution in [3.63, 3.8) is 0 Å². The van der Waals surface area contributed by atoms with E-state index in [1.165, 1.54) is 10.9 Å². The summed E-state index contributed by atoms with van der Waals surface area (Å²) in [4.78, 5) is 4.76. The molecule has 5 nitrogen and oxygen atoms in total. The second kappa shape index (κ2) is 8.62. The van der Waals surface area contributed by atoms with Crippen LogP contribution in [0.2, 0.25) is 0 Å². The molecule has 24 heavy (non-hydrogen) atoms. The molecule has 1 aromatic heterocycles. The zero-order valence-electron chi connectivity index (χ0n) is 14.5. The van der Waals surface area contributed by atoms with Crippen LogP contribution in [0.25, 0.3) is 11.0 Å². The fourth-order valence-corrected chi connectivity index (χ4v) is 3.35. The maximum absolute atomic E-state index is 9.44. The molecule has 0 aliphatic carbocycles. The van der Waals surface area contributed by atoms with Crippen molar-refractivity contribution in [3.05, 3.63) is 35.6 Å². The highest BCUT2D eigenvalue weighted by Gasteiger charge is 2.17. The lowest BCUT2D eigenvalue weighted by Gasteiger charge is -2.29. The average Bonchev–Trinajstić information content (AvgIpc) is 2.98. The molecule has 0 bridgehead atoms. The van der Waals surface area contributed by atoms with Crippen molar-refractivity contribution >= 4 is 11.0 Å². The van der Waals surface area contributed by atoms with Gasteiger partial charge in [-0.05, 0) is 6.07 Å². The van der Waals surface area contributed by atoms with Crippen LogP contribution in [0.15, 0.2) is 28.7 Å². The first-order chi connectivity index (χ1) is 11.8. The summed E-state index contributed by atoms with van der Waals surface area (Å²) in [6.45, 7) is 9.44. The minimum atomic E-state index is 0.181. The number of aliphatic hydroxyl groups is 1. The molecule has 1 aliphatic heterocycles. The van der Waals surface area contributed by atoms with Crippen molar-refractivity contribution < 1.29 is 14.3 Å². The Labute approximate surface area is 143 Å². The molecular weight excluding hydrogens is 304 g/mol. The van der Waals surface area contributed by atoms with Crippen LogP contribution in [0, 0.1) is 0 Å². The van der Waals surface area contributed by atoms with Crippen LogP contribution in [0.3, 0.4) is 0 Å². The van der Waals surface area contributed by atoms with Crippen molar-refractivity contribution in [2.45, 2.75) is 19.9 Å². The third-order valence-electron chi connectivity index (χ3n) is 4.74. The van der Waals surface area contributed by atoms with E-state index in [1.807, 2.05) is 12.1 Å². The molecule has 2 aromatic rings. The Morgan fingerprint density at radius 3 is 2.71 bits per heavy atom. The van der Waals surface area contributed by atoms with Crippen molar-refractivity contribution in [2.24, 2.45) is 0 Å². The first kappa shape index (κ1) is 17.4. The zero-order chi connectivity index (χ0) is 16.8. The van der Waals surface area contributed by atoms with Gasteiger partial charge in [-0.1, -0.05) is 25.1 Å². The Kier molecular flexibility index (Phi) is 6.26. The van der Waals surface area contributed by atoms with Crippen molar-refractivity contribution in [1.82, 2.24) is 9.80 Å². The number of ether oxygens (including phenoxy) is 1. The highest BCUT2D eigenvalue weighted by atomic mass is 16.5. The smallest absolute Gasteiger partial charge is 0.134 e. The maximum atomic E-state index is 9.44. The Bertz CT molecular complexity index is 635. The number of aryl methyl sites for hydroxylation is 1. The van der Waals surface area contributed by atoms with Gasteiger partial charge < -0.3 is 14.3 Å². The van der Waals surface area contributed by atoms with E-state index < -0.39 is 0 Å². The largest absolute Gasteiger partial charge is 0.461 e. The number of hydrogen-bond donors (Lipinski definition) is 1. The number of nitrogens with zero attached hydrogens (tertiary/aromatic N) is 2. The van der Waals surface area contributed by atoms with E-state index in [9.17, 15) is 5.11 Å². The van der Waals surface area contributed by atoms with Crippen LogP contribution in [-0.2, 0) is 17.7 Å². The van der Waals surface area contributed by atoms with Gasteiger partial charge in [0.1, 0.15) is 11.3 Å². The monoisotopic (exact) mass is 332 g/mol. The molecular formula is C19H28N2O3. The second-order valence-electron chi connectivity index (χ2n) is 6.31. The third kappa shape index (κ3) is 4.16. The molecule has 1 fully saturated rings. The van der Waals surface area contributed by atoms with E-state index in [2.05, 4.69) is 28.9 Å². The lowest BCUT2D eigenvalue weighted by Crippen LogP contribution is -2.41. The first-order valence-corrected chi connectivity index (χ1v) is 8.94. The standard InChI is InChI=1S/C19H28N2O3/c1-2-18-17(16-5-3-4-6-19(16)24-18)15-21(9-12-22)8-7-20-10-13-23-14-11-20/h3-6,22H,2,7-15H2,1H3. The Morgan fingerprint density at radius 2 is 1.96 bits per heavy atom. The summed E-state index contributed by atoms with van der Waals surface area (Å²) in [5.41, 5.74) is 2.23. The summed E-state index contributed by atoms with van der Waals surface area (Å²) in [5.74, 6) is 1.06. The number of para-hydroxylation sites is 1. The number of rotatable bonds is 8. The average molecular weight is 332 g/mol. The summed E-state index contributed by atoms with van der Waals surface area (Å²) in [6, 6.07) is 8.23. The normalized spacial score (nSPS) is 16.3. The quantitative estimate of drug-likeness (QED) is 0.802. The van der Waals surface area contributed by atoms with Gasteiger partial charge in [0.05, 0.1) is 19.8 Å². The van der Waals surface area contributed by atoms with Crippen LogP contribution >= 0.6 is 0 Å². The molecule has 1 N–H and O–H groups in total. The Hall–Kier alpha value is -1.40. The second-order valence-corrected chi connectivity index (χ2v) is 6.31. The van der Waals surface area contributed by atoms with Gasteiger partial charge >= 0.3 is 0 Å². The topological polar surface area (TPSA) is 49.1 Å². The number of benzene rings is 1. The van der Waals surface area contributed by atoms with E-state index in [-0.39, 0.29) is 6.61 Å². The van der Waals surface area contributed by atoms with Crippen LogP contribution in [0.1, 0.15) is 18.2 Å². The minimum Gasteiger partial charge on any atom is -0.461 e. The summed E-state index contributed by atoms with van der Waals surface area (Å²) in [5, 5.41) is 10.6. The summed E-state index contributed by atoms with van der Waals surface area (Å²) >= 11 is 0. The van der Waals surface area contributed by atoms with Gasteiger partial charge in [-0.15, -0.1) is 0 Å². The molecule has 1 saturated heterocycles. The number of furan rings is 1. The number of aliphatic hydroxyl groups excluding tert-OH is 1. The van der Waals surface area contributed by atoms with E-state index >= 15 is 0 Å². The Morgan fingerprint density at radius 1 is 1.17 bits per heavy atom. The first-order valence-electron chi connectivity index (χ1n) is 8.94. The molecule has 0 unspecified atom stereocenters. The van der Waals surface area contributed by atoms with Crippen molar-refractivity contribution in [2.75, 3.05) is 52.5 Å². The van der Waals surface area contributed by atoms with Crippen molar-refractivity contribution in [3.8, 4) is 0 Å². The van der Waals surface area contributed by atoms with Gasteiger partial charge in [-0.3, -0.25) is 9.80 Å². The third-order valence-corrected chi connectivity index (χ3v) is 4.74. The van der Waals surface area contributed by atoms with Crippen LogP contribution in [0.5, 0.6) is 0 Å². The van der Waals surface area contributed by atoms with Gasteiger partial charge in [0.15, 0.2) is 0 Å². The highest BCUT2D eigenvalue weighted by Crippen LogP contribution is 2.27. The zero-order valence-corrected chi connectivity index (χ0v) is 14.5. The fraction of sp³-hybridized carbons (Fsp3) is 0.579. The van der Waals surface area contributed by atoms with E-state index in [0.717, 1.165) is 63.7 Å². The van der Waals surface area contributed by atoms with Crippen molar-refractivity contribution in [1.29, 1.82) is 0 Å². The van der Waals surface area contributed by atoms with E-state index in [1.54, 1.807) is 0 Å². The molecule has 5 heteroatoms. The molecule has 0 radical (unpaired) electrons. The lowest BCUT2D eigenvalue weighted by molar-refractivity contribution is 0.0320. The fourth-order valence-electron chi connectivity index (χ4n) is 3.35. The van der Waals surface area contributed by atoms with E-state index in [4.69, 9.17) is 9.15 Å². The minimum absolute atomic E-state index is 0.181. The molecule has 0 saturated carbocycles. The molecule has 1 aliphatic rings. The van der Waals surface area contributed by atoms with Gasteiger partial charge in [-0.2, -0.15) is 0 Å². The molecule has 3 rings (SSSR count). The van der Waals surface area contributed by atoms with Gasteiger partial charge in [0.2, 0.25) is 0 Å². The van der Waals surface area contributed by atoms with Gasteiger partial charge in [-0.25, -0.2) is 0 Å². The maximum Gasteiger partial charge on any atom is 0.134 e. The lowest BCUT2D eigenvalue weighted by atomic mass is 10.1. The molecule has 0 spiro atoms. The van der Waals surface area contributed by atoms with Crippen LogP contribution in [0.4, 0.5) is 0 Å². The molecule has 2 heterocycles. The van der Waals surface area contributed by atoms with Crippen LogP contribution in [-0.4, -0.2) is 67.5 Å². The summed E-state index contributed by atoms with van der Waals surface area (Å²) in [6.07, 6.45) is 0.889. The summed E-state index contributed by atoms with van der Waals surface area (Å²) < 4.78 is 11.4. The van der Waals surface area contributed by atoms with E-state index in [0.29, 0.717) is 6.54 Å².